The summed E-state index contributed by atoms with van der Waals surface area (Å²) in [4.78, 5) is 15.8. The van der Waals surface area contributed by atoms with Crippen molar-refractivity contribution in [1.29, 1.82) is 0 Å². The zero-order valence-corrected chi connectivity index (χ0v) is 31.0. The van der Waals surface area contributed by atoms with Gasteiger partial charge in [-0.25, -0.2) is 15.0 Å². The summed E-state index contributed by atoms with van der Waals surface area (Å²) in [6, 6.07) is 67.7. The van der Waals surface area contributed by atoms with E-state index in [1.807, 2.05) is 29.5 Å². The molecule has 0 fully saturated rings. The van der Waals surface area contributed by atoms with Gasteiger partial charge in [-0.2, -0.15) is 0 Å². The molecular weight excluding hydrogens is 699 g/mol. The Hall–Kier alpha value is -7.01. The predicted octanol–water partition coefficient (Wildman–Crippen LogP) is 13.3. The molecule has 56 heavy (non-hydrogen) atoms. The van der Waals surface area contributed by atoms with Crippen LogP contribution in [0.3, 0.4) is 0 Å². The van der Waals surface area contributed by atoms with Gasteiger partial charge >= 0.3 is 0 Å². The van der Waals surface area contributed by atoms with Crippen molar-refractivity contribution >= 4 is 31.5 Å². The molecule has 0 N–H and O–H groups in total. The molecule has 0 aliphatic heterocycles. The number of nitrogens with zero attached hydrogens (tertiary/aromatic N) is 3. The van der Waals surface area contributed by atoms with Crippen LogP contribution < -0.4 is 0 Å². The monoisotopic (exact) mass is 729 g/mol. The van der Waals surface area contributed by atoms with Crippen molar-refractivity contribution in [2.75, 3.05) is 0 Å². The lowest BCUT2D eigenvalue weighted by atomic mass is 9.69. The standard InChI is InChI=1S/C52H31N3S/c1-2-14-33(15-3-1)49-53-50(34-30-28-32(29-31-34)35-20-13-27-46-47(35)40-19-7-11-26-45(40)56-46)55-51(54-49)41-22-12-21-39-38-18-6-10-25-44(38)52(48(39)41)42-23-8-4-16-36(42)37-17-5-9-24-43(37)52/h1-31H. The highest BCUT2D eigenvalue weighted by molar-refractivity contribution is 7.25. The summed E-state index contributed by atoms with van der Waals surface area (Å²) in [5.74, 6) is 1.96. The molecule has 8 aromatic carbocycles. The molecule has 0 bridgehead atoms. The zero-order valence-electron chi connectivity index (χ0n) is 30.1. The van der Waals surface area contributed by atoms with Crippen molar-refractivity contribution < 1.29 is 0 Å². The minimum atomic E-state index is -0.524. The lowest BCUT2D eigenvalue weighted by Crippen LogP contribution is -2.26. The Morgan fingerprint density at radius 3 is 1.48 bits per heavy atom. The first-order valence-corrected chi connectivity index (χ1v) is 19.8. The Bertz CT molecular complexity index is 3130. The number of fused-ring (bicyclic) bond motifs is 13. The van der Waals surface area contributed by atoms with E-state index in [1.54, 1.807) is 0 Å². The van der Waals surface area contributed by atoms with E-state index >= 15 is 0 Å². The molecule has 0 radical (unpaired) electrons. The molecule has 4 heteroatoms. The third-order valence-electron chi connectivity index (χ3n) is 11.8. The molecular formula is C52H31N3S. The van der Waals surface area contributed by atoms with Crippen LogP contribution in [0.1, 0.15) is 22.3 Å². The second-order valence-electron chi connectivity index (χ2n) is 14.6. The Kier molecular flexibility index (Phi) is 6.72. The fraction of sp³-hybridized carbons (Fsp3) is 0.0192. The summed E-state index contributed by atoms with van der Waals surface area (Å²) in [6.07, 6.45) is 0. The summed E-state index contributed by atoms with van der Waals surface area (Å²) in [7, 11) is 0. The van der Waals surface area contributed by atoms with Crippen LogP contribution in [0.5, 0.6) is 0 Å². The number of hydrogen-bond acceptors (Lipinski definition) is 4. The second-order valence-corrected chi connectivity index (χ2v) is 15.7. The number of aromatic nitrogens is 3. The molecule has 2 heterocycles. The fourth-order valence-corrected chi connectivity index (χ4v) is 10.6. The highest BCUT2D eigenvalue weighted by Gasteiger charge is 2.52. The first-order chi connectivity index (χ1) is 27.8. The maximum absolute atomic E-state index is 5.37. The largest absolute Gasteiger partial charge is 0.208 e. The smallest absolute Gasteiger partial charge is 0.164 e. The zero-order chi connectivity index (χ0) is 36.8. The summed E-state index contributed by atoms with van der Waals surface area (Å²) in [5.41, 5.74) is 14.9. The average molecular weight is 730 g/mol. The summed E-state index contributed by atoms with van der Waals surface area (Å²) in [5, 5.41) is 2.60. The van der Waals surface area contributed by atoms with E-state index in [0.29, 0.717) is 17.5 Å². The summed E-state index contributed by atoms with van der Waals surface area (Å²) >= 11 is 1.85. The van der Waals surface area contributed by atoms with Gasteiger partial charge in [-0.05, 0) is 67.8 Å². The Morgan fingerprint density at radius 2 is 0.786 bits per heavy atom. The number of rotatable bonds is 4. The van der Waals surface area contributed by atoms with E-state index in [2.05, 4.69) is 170 Å². The maximum atomic E-state index is 5.37. The third kappa shape index (κ3) is 4.36. The molecule has 0 atom stereocenters. The first-order valence-electron chi connectivity index (χ1n) is 19.0. The van der Waals surface area contributed by atoms with Gasteiger partial charge in [0.25, 0.3) is 0 Å². The first kappa shape index (κ1) is 31.4. The Morgan fingerprint density at radius 1 is 0.321 bits per heavy atom. The molecule has 12 rings (SSSR count). The number of hydrogen-bond donors (Lipinski definition) is 0. The lowest BCUT2D eigenvalue weighted by molar-refractivity contribution is 0.794. The van der Waals surface area contributed by atoms with Gasteiger partial charge in [-0.1, -0.05) is 176 Å². The second kappa shape index (κ2) is 12.0. The summed E-state index contributed by atoms with van der Waals surface area (Å²) < 4.78 is 2.60. The van der Waals surface area contributed by atoms with Crippen molar-refractivity contribution in [2.45, 2.75) is 5.41 Å². The molecule has 0 saturated heterocycles. The molecule has 2 aliphatic rings. The van der Waals surface area contributed by atoms with Crippen molar-refractivity contribution in [3.63, 3.8) is 0 Å². The quantitative estimate of drug-likeness (QED) is 0.181. The van der Waals surface area contributed by atoms with E-state index in [1.165, 1.54) is 75.8 Å². The van der Waals surface area contributed by atoms with Gasteiger partial charge in [0.05, 0.1) is 5.41 Å². The molecule has 10 aromatic rings. The van der Waals surface area contributed by atoms with Crippen molar-refractivity contribution in [2.24, 2.45) is 0 Å². The molecule has 2 aromatic heterocycles. The maximum Gasteiger partial charge on any atom is 0.164 e. The van der Waals surface area contributed by atoms with Gasteiger partial charge in [0.1, 0.15) is 0 Å². The van der Waals surface area contributed by atoms with Crippen LogP contribution >= 0.6 is 11.3 Å². The van der Waals surface area contributed by atoms with Crippen molar-refractivity contribution in [1.82, 2.24) is 15.0 Å². The van der Waals surface area contributed by atoms with Gasteiger partial charge in [0.2, 0.25) is 0 Å². The molecule has 260 valence electrons. The molecule has 2 aliphatic carbocycles. The van der Waals surface area contributed by atoms with E-state index in [4.69, 9.17) is 15.0 Å². The highest BCUT2D eigenvalue weighted by atomic mass is 32.1. The topological polar surface area (TPSA) is 38.7 Å². The summed E-state index contributed by atoms with van der Waals surface area (Å²) in [6.45, 7) is 0. The van der Waals surface area contributed by atoms with Gasteiger partial charge in [-0.15, -0.1) is 11.3 Å². The third-order valence-corrected chi connectivity index (χ3v) is 12.9. The Balaban J connectivity index is 1.08. The van der Waals surface area contributed by atoms with Crippen molar-refractivity contribution in [3.05, 3.63) is 210 Å². The Labute approximate surface area is 328 Å². The van der Waals surface area contributed by atoms with Crippen LogP contribution in [0.4, 0.5) is 0 Å². The van der Waals surface area contributed by atoms with E-state index in [-0.39, 0.29) is 0 Å². The predicted molar refractivity (Wildman–Crippen MR) is 231 cm³/mol. The van der Waals surface area contributed by atoms with Gasteiger partial charge in [0.15, 0.2) is 17.5 Å². The van der Waals surface area contributed by atoms with Crippen LogP contribution in [0.15, 0.2) is 188 Å². The molecule has 0 saturated carbocycles. The van der Waals surface area contributed by atoms with Crippen LogP contribution in [-0.2, 0) is 5.41 Å². The van der Waals surface area contributed by atoms with Gasteiger partial charge in [-0.3, -0.25) is 0 Å². The lowest BCUT2D eigenvalue weighted by Gasteiger charge is -2.31. The van der Waals surface area contributed by atoms with E-state index in [0.717, 1.165) is 16.7 Å². The fourth-order valence-electron chi connectivity index (χ4n) is 9.50. The van der Waals surface area contributed by atoms with Crippen LogP contribution in [0.2, 0.25) is 0 Å². The highest BCUT2D eigenvalue weighted by Crippen LogP contribution is 2.64. The van der Waals surface area contributed by atoms with E-state index in [9.17, 15) is 0 Å². The van der Waals surface area contributed by atoms with Gasteiger partial charge < -0.3 is 0 Å². The van der Waals surface area contributed by atoms with Crippen molar-refractivity contribution in [3.8, 4) is 67.5 Å². The number of benzene rings is 8. The SMILES string of the molecule is c1ccc(-c2nc(-c3ccc(-c4cccc5sc6ccccc6c45)cc3)nc(-c3cccc4c3C3(c5ccccc5-c5ccccc53)c3ccccc3-4)n2)cc1. The van der Waals surface area contributed by atoms with Crippen LogP contribution in [-0.4, -0.2) is 15.0 Å². The molecule has 0 unspecified atom stereocenters. The molecule has 1 spiro atoms. The van der Waals surface area contributed by atoms with Gasteiger partial charge in [0, 0.05) is 36.9 Å². The average Bonchev–Trinajstić information content (AvgIpc) is 3.91. The minimum Gasteiger partial charge on any atom is -0.208 e. The number of thiophene rings is 1. The van der Waals surface area contributed by atoms with Crippen LogP contribution in [0.25, 0.3) is 87.7 Å². The molecule has 0 amide bonds. The normalized spacial score (nSPS) is 13.1. The van der Waals surface area contributed by atoms with E-state index < -0.39 is 5.41 Å². The van der Waals surface area contributed by atoms with Crippen LogP contribution in [0, 0.1) is 0 Å². The molecule has 3 nitrogen and oxygen atoms in total. The minimum absolute atomic E-state index is 0.524.